The summed E-state index contributed by atoms with van der Waals surface area (Å²) in [5.74, 6) is 5.03. The van der Waals surface area contributed by atoms with Gasteiger partial charge in [-0.15, -0.1) is 0 Å². The van der Waals surface area contributed by atoms with Crippen molar-refractivity contribution in [2.45, 2.75) is 6.92 Å². The van der Waals surface area contributed by atoms with Crippen molar-refractivity contribution in [1.29, 1.82) is 0 Å². The number of halogens is 1. The van der Waals surface area contributed by atoms with E-state index in [1.165, 1.54) is 19.1 Å². The number of hydrogen-bond acceptors (Lipinski definition) is 5. The normalized spacial score (nSPS) is 10.3. The van der Waals surface area contributed by atoms with E-state index < -0.39 is 5.82 Å². The van der Waals surface area contributed by atoms with Gasteiger partial charge in [-0.25, -0.2) is 20.2 Å². The average Bonchev–Trinajstić information content (AvgIpc) is 2.33. The molecular weight excluding hydrogens is 223 g/mol. The first kappa shape index (κ1) is 11.3. The van der Waals surface area contributed by atoms with Gasteiger partial charge in [0.05, 0.1) is 5.69 Å². The monoisotopic (exact) mass is 234 g/mol. The van der Waals surface area contributed by atoms with Crippen LogP contribution in [-0.4, -0.2) is 15.1 Å². The number of aromatic hydroxyl groups is 1. The molecule has 17 heavy (non-hydrogen) atoms. The van der Waals surface area contributed by atoms with E-state index in [1.54, 1.807) is 12.1 Å². The molecular formula is C11H11FN4O. The summed E-state index contributed by atoms with van der Waals surface area (Å²) in [6, 6.07) is 6.30. The molecule has 0 radical (unpaired) electrons. The van der Waals surface area contributed by atoms with Crippen LogP contribution in [0.1, 0.15) is 5.69 Å². The lowest BCUT2D eigenvalue weighted by molar-refractivity contribution is 0.475. The van der Waals surface area contributed by atoms with E-state index in [1.807, 2.05) is 0 Å². The summed E-state index contributed by atoms with van der Waals surface area (Å²) in [6.45, 7) is 1.53. The second kappa shape index (κ2) is 4.34. The molecule has 4 N–H and O–H groups in total. The number of nitrogens with zero attached hydrogens (tertiary/aromatic N) is 2. The number of nitrogens with one attached hydrogen (secondary N) is 1. The van der Waals surface area contributed by atoms with E-state index in [0.29, 0.717) is 11.4 Å². The van der Waals surface area contributed by atoms with Crippen LogP contribution < -0.4 is 11.3 Å². The van der Waals surface area contributed by atoms with Gasteiger partial charge in [-0.2, -0.15) is 0 Å². The van der Waals surface area contributed by atoms with Crippen LogP contribution in [0.5, 0.6) is 5.75 Å². The summed E-state index contributed by atoms with van der Waals surface area (Å²) in [4.78, 5) is 7.97. The number of hydrogen-bond donors (Lipinski definition) is 3. The number of rotatable bonds is 2. The minimum atomic E-state index is -0.574. The molecule has 6 heteroatoms. The summed E-state index contributed by atoms with van der Waals surface area (Å²) in [5, 5.41) is 9.17. The highest BCUT2D eigenvalue weighted by atomic mass is 19.1. The third-order valence-electron chi connectivity index (χ3n) is 2.28. The van der Waals surface area contributed by atoms with Crippen molar-refractivity contribution in [1.82, 2.24) is 9.97 Å². The molecule has 0 aliphatic heterocycles. The van der Waals surface area contributed by atoms with Gasteiger partial charge in [-0.3, -0.25) is 0 Å². The lowest BCUT2D eigenvalue weighted by Crippen LogP contribution is -2.13. The quantitative estimate of drug-likeness (QED) is 0.542. The number of aryl methyl sites for hydroxylation is 1. The summed E-state index contributed by atoms with van der Waals surface area (Å²) < 4.78 is 13.5. The number of hydrazine groups is 1. The van der Waals surface area contributed by atoms with Crippen LogP contribution in [0.4, 0.5) is 10.2 Å². The van der Waals surface area contributed by atoms with Gasteiger partial charge >= 0.3 is 0 Å². The molecule has 0 saturated carbocycles. The van der Waals surface area contributed by atoms with Crippen LogP contribution in [0.25, 0.3) is 11.4 Å². The topological polar surface area (TPSA) is 84.1 Å². The van der Waals surface area contributed by atoms with Crippen LogP contribution in [0.15, 0.2) is 24.3 Å². The van der Waals surface area contributed by atoms with Crippen molar-refractivity contribution in [2.75, 3.05) is 5.43 Å². The third kappa shape index (κ3) is 2.16. The fraction of sp³-hybridized carbons (Fsp3) is 0.0909. The Kier molecular flexibility index (Phi) is 2.88. The largest absolute Gasteiger partial charge is 0.508 e. The van der Waals surface area contributed by atoms with E-state index in [0.717, 1.165) is 0 Å². The SMILES string of the molecule is Cc1nc(-c2ccc(O)cc2)nc(NN)c1F. The van der Waals surface area contributed by atoms with Crippen LogP contribution in [0.3, 0.4) is 0 Å². The molecule has 0 spiro atoms. The third-order valence-corrected chi connectivity index (χ3v) is 2.28. The smallest absolute Gasteiger partial charge is 0.187 e. The standard InChI is InChI=1S/C11H11FN4O/c1-6-9(12)11(16-13)15-10(14-6)7-2-4-8(17)5-3-7/h2-5,17H,13H2,1H3,(H,14,15,16). The van der Waals surface area contributed by atoms with Crippen molar-refractivity contribution in [2.24, 2.45) is 5.84 Å². The first-order valence-electron chi connectivity index (χ1n) is 4.92. The van der Waals surface area contributed by atoms with Gasteiger partial charge in [0.15, 0.2) is 17.5 Å². The lowest BCUT2D eigenvalue weighted by atomic mass is 10.2. The Morgan fingerprint density at radius 3 is 2.47 bits per heavy atom. The maximum absolute atomic E-state index is 13.5. The molecule has 2 aromatic rings. The highest BCUT2D eigenvalue weighted by Gasteiger charge is 2.11. The van der Waals surface area contributed by atoms with Crippen molar-refractivity contribution >= 4 is 5.82 Å². The first-order valence-corrected chi connectivity index (χ1v) is 4.92. The zero-order valence-electron chi connectivity index (χ0n) is 9.11. The molecule has 88 valence electrons. The van der Waals surface area contributed by atoms with Gasteiger partial charge in [0.2, 0.25) is 0 Å². The number of nitrogens with two attached hydrogens (primary N) is 1. The number of phenolic OH excluding ortho intramolecular Hbond substituents is 1. The number of benzene rings is 1. The van der Waals surface area contributed by atoms with E-state index in [4.69, 9.17) is 10.9 Å². The summed E-state index contributed by atoms with van der Waals surface area (Å²) in [5.41, 5.74) is 3.06. The summed E-state index contributed by atoms with van der Waals surface area (Å²) in [7, 11) is 0. The second-order valence-corrected chi connectivity index (χ2v) is 3.49. The number of anilines is 1. The van der Waals surface area contributed by atoms with Crippen LogP contribution in [0, 0.1) is 12.7 Å². The maximum Gasteiger partial charge on any atom is 0.187 e. The van der Waals surface area contributed by atoms with Crippen LogP contribution in [-0.2, 0) is 0 Å². The summed E-state index contributed by atoms with van der Waals surface area (Å²) in [6.07, 6.45) is 0. The molecule has 0 aliphatic carbocycles. The van der Waals surface area contributed by atoms with E-state index in [9.17, 15) is 4.39 Å². The highest BCUT2D eigenvalue weighted by Crippen LogP contribution is 2.22. The molecule has 0 saturated heterocycles. The Bertz CT molecular complexity index is 542. The Morgan fingerprint density at radius 1 is 1.24 bits per heavy atom. The number of phenols is 1. The Balaban J connectivity index is 2.52. The second-order valence-electron chi connectivity index (χ2n) is 3.49. The molecule has 0 atom stereocenters. The fourth-order valence-corrected chi connectivity index (χ4v) is 1.39. The first-order chi connectivity index (χ1) is 8.11. The molecule has 2 rings (SSSR count). The van der Waals surface area contributed by atoms with Gasteiger partial charge in [0.25, 0.3) is 0 Å². The minimum Gasteiger partial charge on any atom is -0.508 e. The van der Waals surface area contributed by atoms with Gasteiger partial charge in [0.1, 0.15) is 5.75 Å². The average molecular weight is 234 g/mol. The Hall–Kier alpha value is -2.21. The molecule has 0 bridgehead atoms. The summed E-state index contributed by atoms with van der Waals surface area (Å²) >= 11 is 0. The minimum absolute atomic E-state index is 0.0550. The highest BCUT2D eigenvalue weighted by molar-refractivity contribution is 5.58. The van der Waals surface area contributed by atoms with E-state index >= 15 is 0 Å². The number of aromatic nitrogens is 2. The van der Waals surface area contributed by atoms with Gasteiger partial charge in [-0.1, -0.05) is 0 Å². The predicted molar refractivity (Wildman–Crippen MR) is 61.6 cm³/mol. The van der Waals surface area contributed by atoms with Crippen molar-refractivity contribution < 1.29 is 9.50 Å². The Morgan fingerprint density at radius 2 is 1.88 bits per heavy atom. The lowest BCUT2D eigenvalue weighted by Gasteiger charge is -2.07. The van der Waals surface area contributed by atoms with E-state index in [2.05, 4.69) is 15.4 Å². The fourth-order valence-electron chi connectivity index (χ4n) is 1.39. The molecule has 0 amide bonds. The molecule has 1 heterocycles. The molecule has 1 aromatic heterocycles. The maximum atomic E-state index is 13.5. The molecule has 0 unspecified atom stereocenters. The Labute approximate surface area is 97.1 Å². The van der Waals surface area contributed by atoms with Crippen LogP contribution >= 0.6 is 0 Å². The van der Waals surface area contributed by atoms with Crippen molar-refractivity contribution in [3.8, 4) is 17.1 Å². The zero-order valence-corrected chi connectivity index (χ0v) is 9.11. The van der Waals surface area contributed by atoms with E-state index in [-0.39, 0.29) is 17.3 Å². The van der Waals surface area contributed by atoms with Crippen LogP contribution in [0.2, 0.25) is 0 Å². The molecule has 1 aromatic carbocycles. The van der Waals surface area contributed by atoms with Gasteiger partial charge in [-0.05, 0) is 31.2 Å². The molecule has 0 fully saturated rings. The predicted octanol–water partition coefficient (Wildman–Crippen LogP) is 1.58. The van der Waals surface area contributed by atoms with Crippen molar-refractivity contribution in [3.63, 3.8) is 0 Å². The molecule has 0 aliphatic rings. The molecule has 5 nitrogen and oxygen atoms in total. The zero-order chi connectivity index (χ0) is 12.4. The number of nitrogen functional groups attached to an aromatic ring is 1. The van der Waals surface area contributed by atoms with Crippen molar-refractivity contribution in [3.05, 3.63) is 35.8 Å². The van der Waals surface area contributed by atoms with Gasteiger partial charge < -0.3 is 10.5 Å². The van der Waals surface area contributed by atoms with Gasteiger partial charge in [0, 0.05) is 5.56 Å².